The molecule has 0 aliphatic carbocycles. The zero-order chi connectivity index (χ0) is 29.5. The van der Waals surface area contributed by atoms with Crippen LogP contribution in [0.3, 0.4) is 0 Å². The van der Waals surface area contributed by atoms with Gasteiger partial charge in [0.15, 0.2) is 0 Å². The summed E-state index contributed by atoms with van der Waals surface area (Å²) in [4.78, 5) is 5.08. The van der Waals surface area contributed by atoms with E-state index in [-0.39, 0.29) is 0 Å². The summed E-state index contributed by atoms with van der Waals surface area (Å²) in [6.45, 7) is 0. The Morgan fingerprint density at radius 3 is 1.87 bits per heavy atom. The summed E-state index contributed by atoms with van der Waals surface area (Å²) in [7, 11) is 0. The number of benzene rings is 6. The van der Waals surface area contributed by atoms with Gasteiger partial charge in [-0.05, 0) is 54.6 Å². The second-order valence-electron chi connectivity index (χ2n) is 11.5. The van der Waals surface area contributed by atoms with Crippen molar-refractivity contribution in [1.82, 2.24) is 14.1 Å². The van der Waals surface area contributed by atoms with E-state index in [0.29, 0.717) is 0 Å². The zero-order valence-electron chi connectivity index (χ0n) is 24.2. The number of nitrogens with zero attached hydrogens (tertiary/aromatic N) is 3. The normalized spacial score (nSPS) is 12.0. The molecule has 0 aliphatic rings. The number of thiophene rings is 1. The molecule has 0 spiro atoms. The molecule has 4 aromatic heterocycles. The highest BCUT2D eigenvalue weighted by Gasteiger charge is 2.23. The predicted octanol–water partition coefficient (Wildman–Crippen LogP) is 11.3. The lowest BCUT2D eigenvalue weighted by Gasteiger charge is -2.12. The van der Waals surface area contributed by atoms with Gasteiger partial charge in [0, 0.05) is 60.2 Å². The fourth-order valence-corrected chi connectivity index (χ4v) is 8.55. The van der Waals surface area contributed by atoms with Crippen molar-refractivity contribution in [2.24, 2.45) is 0 Å². The summed E-state index contributed by atoms with van der Waals surface area (Å²) in [6.07, 6.45) is 1.97. The van der Waals surface area contributed by atoms with Gasteiger partial charge in [0.25, 0.3) is 0 Å². The Hall–Kier alpha value is -5.71. The van der Waals surface area contributed by atoms with Crippen LogP contribution in [0.15, 0.2) is 152 Å². The molecule has 0 unspecified atom stereocenters. The molecule has 6 aromatic carbocycles. The Morgan fingerprint density at radius 2 is 1.07 bits per heavy atom. The monoisotopic (exact) mass is 591 g/mol. The maximum Gasteiger partial charge on any atom is 0.0901 e. The molecule has 10 rings (SSSR count). The predicted molar refractivity (Wildman–Crippen MR) is 191 cm³/mol. The highest BCUT2D eigenvalue weighted by molar-refractivity contribution is 7.26. The first-order valence-electron chi connectivity index (χ1n) is 15.2. The molecule has 0 bridgehead atoms. The quantitative estimate of drug-likeness (QED) is 0.200. The standard InChI is InChI=1S/C41H25N3S/c1-3-12-26(13-4-1)43-33-20-9-7-17-30(33)37-34(43)22-23-35-38(37)31-18-11-19-32(40(31)44(35)27-14-5-2-6-15-27)39-41-29(24-25-42-39)28-16-8-10-21-36(28)45-41/h1-25H. The molecule has 45 heavy (non-hydrogen) atoms. The second-order valence-corrected chi connectivity index (χ2v) is 12.6. The Balaban J connectivity index is 1.41. The van der Waals surface area contributed by atoms with E-state index in [0.717, 1.165) is 22.6 Å². The highest BCUT2D eigenvalue weighted by Crippen LogP contribution is 2.46. The van der Waals surface area contributed by atoms with Gasteiger partial charge < -0.3 is 9.13 Å². The van der Waals surface area contributed by atoms with Gasteiger partial charge in [-0.3, -0.25) is 4.98 Å². The molecule has 0 radical (unpaired) electrons. The highest BCUT2D eigenvalue weighted by atomic mass is 32.1. The number of pyridine rings is 1. The zero-order valence-corrected chi connectivity index (χ0v) is 25.0. The van der Waals surface area contributed by atoms with Gasteiger partial charge in [-0.15, -0.1) is 11.3 Å². The third-order valence-corrected chi connectivity index (χ3v) is 10.4. The molecule has 0 N–H and O–H groups in total. The van der Waals surface area contributed by atoms with Crippen molar-refractivity contribution >= 4 is 75.1 Å². The molecule has 210 valence electrons. The van der Waals surface area contributed by atoms with Crippen LogP contribution in [-0.2, 0) is 0 Å². The van der Waals surface area contributed by atoms with Crippen molar-refractivity contribution in [3.8, 4) is 22.6 Å². The maximum atomic E-state index is 5.08. The largest absolute Gasteiger partial charge is 0.309 e. The van der Waals surface area contributed by atoms with Gasteiger partial charge in [-0.2, -0.15) is 0 Å². The minimum atomic E-state index is 1.03. The van der Waals surface area contributed by atoms with E-state index in [2.05, 4.69) is 155 Å². The van der Waals surface area contributed by atoms with Gasteiger partial charge in [0.05, 0.1) is 32.5 Å². The van der Waals surface area contributed by atoms with Crippen LogP contribution < -0.4 is 0 Å². The van der Waals surface area contributed by atoms with Crippen LogP contribution in [0.5, 0.6) is 0 Å². The Kier molecular flexibility index (Phi) is 5.16. The third kappa shape index (κ3) is 3.43. The smallest absolute Gasteiger partial charge is 0.0901 e. The minimum Gasteiger partial charge on any atom is -0.309 e. The molecule has 0 aliphatic heterocycles. The number of hydrogen-bond donors (Lipinski definition) is 0. The molecule has 0 saturated carbocycles. The van der Waals surface area contributed by atoms with E-state index in [1.807, 2.05) is 17.5 Å². The lowest BCUT2D eigenvalue weighted by atomic mass is 10.0. The van der Waals surface area contributed by atoms with E-state index in [1.54, 1.807) is 0 Å². The van der Waals surface area contributed by atoms with Crippen molar-refractivity contribution < 1.29 is 0 Å². The van der Waals surface area contributed by atoms with E-state index < -0.39 is 0 Å². The van der Waals surface area contributed by atoms with E-state index >= 15 is 0 Å². The first-order chi connectivity index (χ1) is 22.4. The molecule has 4 heterocycles. The topological polar surface area (TPSA) is 22.8 Å². The molecule has 0 saturated heterocycles. The fourth-order valence-electron chi connectivity index (χ4n) is 7.35. The van der Waals surface area contributed by atoms with Crippen molar-refractivity contribution in [2.75, 3.05) is 0 Å². The molecule has 0 atom stereocenters. The van der Waals surface area contributed by atoms with Gasteiger partial charge in [-0.1, -0.05) is 91.0 Å². The number of hydrogen-bond acceptors (Lipinski definition) is 2. The van der Waals surface area contributed by atoms with Gasteiger partial charge in [0.2, 0.25) is 0 Å². The van der Waals surface area contributed by atoms with Gasteiger partial charge >= 0.3 is 0 Å². The molecule has 0 amide bonds. The first-order valence-corrected chi connectivity index (χ1v) is 16.1. The molecule has 3 nitrogen and oxygen atoms in total. The lowest BCUT2D eigenvalue weighted by Crippen LogP contribution is -1.96. The van der Waals surface area contributed by atoms with E-state index in [4.69, 9.17) is 4.98 Å². The number of para-hydroxylation sites is 4. The van der Waals surface area contributed by atoms with Crippen molar-refractivity contribution in [1.29, 1.82) is 0 Å². The average molecular weight is 592 g/mol. The fraction of sp³-hybridized carbons (Fsp3) is 0. The summed E-state index contributed by atoms with van der Waals surface area (Å²) in [6, 6.07) is 52.4. The molecule has 4 heteroatoms. The number of rotatable bonds is 3. The van der Waals surface area contributed by atoms with Crippen LogP contribution in [0.2, 0.25) is 0 Å². The molecule has 0 fully saturated rings. The van der Waals surface area contributed by atoms with Crippen LogP contribution in [0, 0.1) is 0 Å². The second kappa shape index (κ2) is 9.39. The summed E-state index contributed by atoms with van der Waals surface area (Å²) >= 11 is 1.83. The van der Waals surface area contributed by atoms with Crippen LogP contribution in [0.4, 0.5) is 0 Å². The summed E-state index contributed by atoms with van der Waals surface area (Å²) in [5.74, 6) is 0. The van der Waals surface area contributed by atoms with Crippen molar-refractivity contribution in [2.45, 2.75) is 0 Å². The molecular weight excluding hydrogens is 567 g/mol. The number of aromatic nitrogens is 3. The summed E-state index contributed by atoms with van der Waals surface area (Å²) in [5, 5.41) is 7.57. The van der Waals surface area contributed by atoms with E-state index in [1.165, 1.54) is 63.8 Å². The Morgan fingerprint density at radius 1 is 0.444 bits per heavy atom. The van der Waals surface area contributed by atoms with Crippen LogP contribution in [-0.4, -0.2) is 14.1 Å². The summed E-state index contributed by atoms with van der Waals surface area (Å²) in [5.41, 5.74) is 9.26. The third-order valence-electron chi connectivity index (χ3n) is 9.16. The van der Waals surface area contributed by atoms with Gasteiger partial charge in [-0.25, -0.2) is 0 Å². The molecule has 10 aromatic rings. The number of fused-ring (bicyclic) bond motifs is 10. The van der Waals surface area contributed by atoms with Crippen molar-refractivity contribution in [3.05, 3.63) is 152 Å². The average Bonchev–Trinajstić information content (AvgIpc) is 3.76. The summed E-state index contributed by atoms with van der Waals surface area (Å²) < 4.78 is 7.36. The lowest BCUT2D eigenvalue weighted by molar-refractivity contribution is 1.17. The SMILES string of the molecule is c1ccc(-n2c3ccccc3c3c4c5cccc(-c6nccc7c6sc6ccccc67)c5n(-c5ccccc5)c4ccc32)cc1. The molecular formula is C41H25N3S. The Labute approximate surface area is 262 Å². The van der Waals surface area contributed by atoms with Crippen LogP contribution >= 0.6 is 11.3 Å². The van der Waals surface area contributed by atoms with Crippen LogP contribution in [0.25, 0.3) is 86.4 Å². The van der Waals surface area contributed by atoms with Crippen molar-refractivity contribution in [3.63, 3.8) is 0 Å². The Bertz CT molecular complexity index is 2750. The van der Waals surface area contributed by atoms with Crippen LogP contribution in [0.1, 0.15) is 0 Å². The first kappa shape index (κ1) is 24.7. The van der Waals surface area contributed by atoms with E-state index in [9.17, 15) is 0 Å². The van der Waals surface area contributed by atoms with Gasteiger partial charge in [0.1, 0.15) is 0 Å². The maximum absolute atomic E-state index is 5.08. The minimum absolute atomic E-state index is 1.03.